The third kappa shape index (κ3) is 5.09. The molecule has 1 unspecified atom stereocenters. The molecular weight excluding hydrogens is 244 g/mol. The Kier molecular flexibility index (Phi) is 7.34. The van der Waals surface area contributed by atoms with Crippen LogP contribution in [0.5, 0.6) is 0 Å². The molecule has 0 saturated heterocycles. The highest BCUT2D eigenvalue weighted by Crippen LogP contribution is 2.39. The van der Waals surface area contributed by atoms with Gasteiger partial charge in [0.2, 0.25) is 5.91 Å². The number of unbranched alkanes of at least 4 members (excludes halogenated alkanes) is 1. The van der Waals surface area contributed by atoms with Gasteiger partial charge in [0, 0.05) is 6.61 Å². The van der Waals surface area contributed by atoms with E-state index in [1.54, 1.807) is 0 Å². The molecule has 0 aromatic heterocycles. The van der Waals surface area contributed by atoms with E-state index in [-0.39, 0.29) is 5.91 Å². The summed E-state index contributed by atoms with van der Waals surface area (Å²) >= 11 is 0. The van der Waals surface area contributed by atoms with Crippen LogP contribution in [0.2, 0.25) is 0 Å². The Bertz CT molecular complexity index is 269. The van der Waals surface area contributed by atoms with Crippen LogP contribution in [0.3, 0.4) is 0 Å². The van der Waals surface area contributed by atoms with E-state index in [0.29, 0.717) is 25.7 Å². The van der Waals surface area contributed by atoms with Gasteiger partial charge >= 0.3 is 0 Å². The van der Waals surface area contributed by atoms with Gasteiger partial charge in [0.15, 0.2) is 0 Å². The monoisotopic (exact) mass is 272 g/mol. The molecule has 1 saturated carbocycles. The molecular formula is C14H28N2O3. The molecule has 112 valence electrons. The molecule has 1 aliphatic carbocycles. The number of primary amides is 1. The largest absolute Gasteiger partial charge is 0.379 e. The number of hydrogen-bond donors (Lipinski definition) is 2. The predicted octanol–water partition coefficient (Wildman–Crippen LogP) is 1.06. The van der Waals surface area contributed by atoms with E-state index in [1.807, 2.05) is 6.92 Å². The molecule has 3 N–H and O–H groups in total. The van der Waals surface area contributed by atoms with Crippen LogP contribution in [0.1, 0.15) is 39.5 Å². The number of ether oxygens (including phenoxy) is 2. The number of carbonyl (C=O) groups is 1. The fraction of sp³-hybridized carbons (Fsp3) is 0.929. The lowest BCUT2D eigenvalue weighted by atomic mass is 9.93. The van der Waals surface area contributed by atoms with Gasteiger partial charge in [0.25, 0.3) is 0 Å². The van der Waals surface area contributed by atoms with Crippen LogP contribution >= 0.6 is 0 Å². The van der Waals surface area contributed by atoms with Gasteiger partial charge in [0.1, 0.15) is 5.54 Å². The number of carbonyl (C=O) groups excluding carboxylic acids is 1. The van der Waals surface area contributed by atoms with Gasteiger partial charge < -0.3 is 20.5 Å². The molecule has 0 aromatic carbocycles. The molecule has 5 heteroatoms. The maximum absolute atomic E-state index is 11.7. The Morgan fingerprint density at radius 1 is 1.26 bits per heavy atom. The van der Waals surface area contributed by atoms with Crippen molar-refractivity contribution < 1.29 is 14.3 Å². The van der Waals surface area contributed by atoms with Crippen molar-refractivity contribution in [3.05, 3.63) is 0 Å². The average molecular weight is 272 g/mol. The van der Waals surface area contributed by atoms with E-state index in [4.69, 9.17) is 15.2 Å². The van der Waals surface area contributed by atoms with Crippen LogP contribution in [0.15, 0.2) is 0 Å². The van der Waals surface area contributed by atoms with Crippen molar-refractivity contribution in [2.45, 2.75) is 45.1 Å². The molecule has 0 bridgehead atoms. The Balaban J connectivity index is 2.27. The van der Waals surface area contributed by atoms with Crippen molar-refractivity contribution >= 4 is 5.91 Å². The zero-order valence-corrected chi connectivity index (χ0v) is 12.2. The summed E-state index contributed by atoms with van der Waals surface area (Å²) in [5, 5.41) is 3.23. The molecule has 0 aromatic rings. The second-order valence-electron chi connectivity index (χ2n) is 5.16. The third-order valence-corrected chi connectivity index (χ3v) is 3.55. The van der Waals surface area contributed by atoms with Crippen molar-refractivity contribution in [2.24, 2.45) is 11.7 Å². The summed E-state index contributed by atoms with van der Waals surface area (Å²) in [4.78, 5) is 11.7. The maximum atomic E-state index is 11.7. The number of hydrogen-bond acceptors (Lipinski definition) is 4. The minimum atomic E-state index is -0.682. The Morgan fingerprint density at radius 3 is 2.47 bits per heavy atom. The summed E-state index contributed by atoms with van der Waals surface area (Å²) in [5.74, 6) is 0.0229. The third-order valence-electron chi connectivity index (χ3n) is 3.55. The molecule has 5 nitrogen and oxygen atoms in total. The van der Waals surface area contributed by atoms with Crippen LogP contribution in [-0.4, -0.2) is 44.4 Å². The SMILES string of the molecule is CCCCOCCOCC(NCC)(C(N)=O)C1CC1. The molecule has 1 fully saturated rings. The minimum Gasteiger partial charge on any atom is -0.379 e. The van der Waals surface area contributed by atoms with Crippen LogP contribution < -0.4 is 11.1 Å². The second kappa shape index (κ2) is 8.51. The van der Waals surface area contributed by atoms with Crippen molar-refractivity contribution in [3.8, 4) is 0 Å². The normalized spacial score (nSPS) is 18.2. The molecule has 1 rings (SSSR count). The van der Waals surface area contributed by atoms with Gasteiger partial charge in [-0.15, -0.1) is 0 Å². The van der Waals surface area contributed by atoms with Crippen LogP contribution in [-0.2, 0) is 14.3 Å². The number of rotatable bonds is 12. The standard InChI is InChI=1S/C14H28N2O3/c1-3-5-8-18-9-10-19-11-14(13(15)17,16-4-2)12-6-7-12/h12,16H,3-11H2,1-2H3,(H2,15,17). The van der Waals surface area contributed by atoms with Crippen molar-refractivity contribution in [1.29, 1.82) is 0 Å². The molecule has 0 radical (unpaired) electrons. The van der Waals surface area contributed by atoms with Gasteiger partial charge in [-0.2, -0.15) is 0 Å². The molecule has 1 aliphatic rings. The lowest BCUT2D eigenvalue weighted by Crippen LogP contribution is -2.60. The zero-order chi connectivity index (χ0) is 14.1. The Morgan fingerprint density at radius 2 is 1.95 bits per heavy atom. The fourth-order valence-corrected chi connectivity index (χ4v) is 2.26. The van der Waals surface area contributed by atoms with E-state index in [0.717, 1.165) is 38.8 Å². The lowest BCUT2D eigenvalue weighted by Gasteiger charge is -2.31. The highest BCUT2D eigenvalue weighted by Gasteiger charge is 2.49. The van der Waals surface area contributed by atoms with E-state index in [9.17, 15) is 4.79 Å². The highest BCUT2D eigenvalue weighted by molar-refractivity contribution is 5.85. The van der Waals surface area contributed by atoms with Crippen LogP contribution in [0.4, 0.5) is 0 Å². The molecule has 0 aliphatic heterocycles. The first-order chi connectivity index (χ1) is 9.17. The summed E-state index contributed by atoms with van der Waals surface area (Å²) in [6.45, 7) is 7.04. The summed E-state index contributed by atoms with van der Waals surface area (Å²) in [7, 11) is 0. The van der Waals surface area contributed by atoms with Gasteiger partial charge in [-0.05, 0) is 31.7 Å². The van der Waals surface area contributed by atoms with Crippen molar-refractivity contribution in [1.82, 2.24) is 5.32 Å². The number of amides is 1. The molecule has 0 heterocycles. The van der Waals surface area contributed by atoms with Gasteiger partial charge in [0.05, 0.1) is 19.8 Å². The van der Waals surface area contributed by atoms with E-state index in [1.165, 1.54) is 0 Å². The molecule has 1 amide bonds. The van der Waals surface area contributed by atoms with Crippen LogP contribution in [0, 0.1) is 5.92 Å². The first-order valence-corrected chi connectivity index (χ1v) is 7.37. The van der Waals surface area contributed by atoms with Crippen molar-refractivity contribution in [2.75, 3.05) is 33.0 Å². The predicted molar refractivity (Wildman–Crippen MR) is 74.9 cm³/mol. The average Bonchev–Trinajstić information content (AvgIpc) is 3.20. The fourth-order valence-electron chi connectivity index (χ4n) is 2.26. The van der Waals surface area contributed by atoms with E-state index < -0.39 is 5.54 Å². The smallest absolute Gasteiger partial charge is 0.240 e. The number of nitrogens with two attached hydrogens (primary N) is 1. The van der Waals surface area contributed by atoms with E-state index in [2.05, 4.69) is 12.2 Å². The lowest BCUT2D eigenvalue weighted by molar-refractivity contribution is -0.128. The summed E-state index contributed by atoms with van der Waals surface area (Å²) in [5.41, 5.74) is 4.88. The summed E-state index contributed by atoms with van der Waals surface area (Å²) in [6.07, 6.45) is 4.30. The van der Waals surface area contributed by atoms with Crippen molar-refractivity contribution in [3.63, 3.8) is 0 Å². The topological polar surface area (TPSA) is 73.6 Å². The number of likely N-dealkylation sites (N-methyl/N-ethyl adjacent to an activating group) is 1. The number of nitrogens with one attached hydrogen (secondary N) is 1. The molecule has 0 spiro atoms. The molecule has 1 atom stereocenters. The first-order valence-electron chi connectivity index (χ1n) is 7.37. The quantitative estimate of drug-likeness (QED) is 0.521. The van der Waals surface area contributed by atoms with Crippen LogP contribution in [0.25, 0.3) is 0 Å². The maximum Gasteiger partial charge on any atom is 0.240 e. The summed E-state index contributed by atoms with van der Waals surface area (Å²) in [6, 6.07) is 0. The molecule has 19 heavy (non-hydrogen) atoms. The summed E-state index contributed by atoms with van der Waals surface area (Å²) < 4.78 is 11.0. The Hall–Kier alpha value is -0.650. The van der Waals surface area contributed by atoms with E-state index >= 15 is 0 Å². The minimum absolute atomic E-state index is 0.302. The second-order valence-corrected chi connectivity index (χ2v) is 5.16. The zero-order valence-electron chi connectivity index (χ0n) is 12.2. The van der Waals surface area contributed by atoms with Gasteiger partial charge in [-0.25, -0.2) is 0 Å². The Labute approximate surface area is 116 Å². The first kappa shape index (κ1) is 16.4. The van der Waals surface area contributed by atoms with Gasteiger partial charge in [-0.3, -0.25) is 4.79 Å². The highest BCUT2D eigenvalue weighted by atomic mass is 16.5. The van der Waals surface area contributed by atoms with Gasteiger partial charge in [-0.1, -0.05) is 20.3 Å².